The van der Waals surface area contributed by atoms with Crippen LogP contribution < -0.4 is 5.32 Å². The van der Waals surface area contributed by atoms with Crippen molar-refractivity contribution in [2.75, 3.05) is 13.6 Å². The van der Waals surface area contributed by atoms with Gasteiger partial charge in [0, 0.05) is 31.6 Å². The van der Waals surface area contributed by atoms with Gasteiger partial charge in [-0.05, 0) is 46.2 Å². The van der Waals surface area contributed by atoms with E-state index in [2.05, 4.69) is 29.2 Å². The molecule has 0 amide bonds. The van der Waals surface area contributed by atoms with E-state index in [9.17, 15) is 13.2 Å². The fourth-order valence-electron chi connectivity index (χ4n) is 3.67. The first-order chi connectivity index (χ1) is 10.9. The lowest BCUT2D eigenvalue weighted by Gasteiger charge is -2.35. The molecule has 3 rings (SSSR count). The Bertz CT molecular complexity index is 552. The molecule has 4 nitrogen and oxygen atoms in total. The highest BCUT2D eigenvalue weighted by atomic mass is 19.4. The first-order valence-corrected chi connectivity index (χ1v) is 8.45. The van der Waals surface area contributed by atoms with Gasteiger partial charge in [-0.25, -0.2) is 4.98 Å². The first-order valence-electron chi connectivity index (χ1n) is 8.45. The number of piperidine rings is 1. The molecule has 0 bridgehead atoms. The third kappa shape index (κ3) is 3.55. The Hall–Kier alpha value is -1.08. The van der Waals surface area contributed by atoms with Crippen LogP contribution in [-0.2, 0) is 25.7 Å². The summed E-state index contributed by atoms with van der Waals surface area (Å²) in [4.78, 5) is 6.19. The monoisotopic (exact) mass is 330 g/mol. The predicted molar refractivity (Wildman–Crippen MR) is 82.1 cm³/mol. The number of nitrogens with zero attached hydrogens (tertiary/aromatic N) is 3. The number of nitrogens with one attached hydrogen (secondary N) is 1. The molecule has 1 aromatic heterocycles. The van der Waals surface area contributed by atoms with E-state index >= 15 is 0 Å². The molecular weight excluding hydrogens is 305 g/mol. The second-order valence-corrected chi connectivity index (χ2v) is 6.86. The minimum Gasteiger partial charge on any atom is -0.330 e. The molecule has 0 aliphatic carbocycles. The van der Waals surface area contributed by atoms with Gasteiger partial charge in [-0.15, -0.1) is 0 Å². The van der Waals surface area contributed by atoms with Crippen LogP contribution in [0.1, 0.15) is 49.8 Å². The SMILES string of the molecule is CC1CC(NCc2c(C(F)(F)F)nc3n2CCCC3)CCN1C. The topological polar surface area (TPSA) is 33.1 Å². The number of rotatable bonds is 3. The highest BCUT2D eigenvalue weighted by Gasteiger charge is 2.39. The minimum absolute atomic E-state index is 0.253. The van der Waals surface area contributed by atoms with Crippen molar-refractivity contribution in [1.82, 2.24) is 19.8 Å². The van der Waals surface area contributed by atoms with Gasteiger partial charge in [-0.3, -0.25) is 0 Å². The van der Waals surface area contributed by atoms with Crippen LogP contribution in [0.2, 0.25) is 0 Å². The zero-order valence-corrected chi connectivity index (χ0v) is 13.8. The van der Waals surface area contributed by atoms with Gasteiger partial charge < -0.3 is 14.8 Å². The summed E-state index contributed by atoms with van der Waals surface area (Å²) < 4.78 is 41.7. The second kappa shape index (κ2) is 6.43. The molecule has 2 aliphatic rings. The number of likely N-dealkylation sites (tertiary alicyclic amines) is 1. The van der Waals surface area contributed by atoms with Crippen LogP contribution in [0.25, 0.3) is 0 Å². The van der Waals surface area contributed by atoms with E-state index in [-0.39, 0.29) is 12.6 Å². The Balaban J connectivity index is 1.75. The van der Waals surface area contributed by atoms with Gasteiger partial charge in [-0.2, -0.15) is 13.2 Å². The normalized spacial score (nSPS) is 26.3. The van der Waals surface area contributed by atoms with Crippen molar-refractivity contribution in [2.45, 2.75) is 70.4 Å². The Morgan fingerprint density at radius 2 is 2.04 bits per heavy atom. The molecule has 2 atom stereocenters. The third-order valence-electron chi connectivity index (χ3n) is 5.22. The average Bonchev–Trinajstić information content (AvgIpc) is 2.87. The molecule has 1 aromatic rings. The van der Waals surface area contributed by atoms with Crippen molar-refractivity contribution in [3.63, 3.8) is 0 Å². The maximum absolute atomic E-state index is 13.3. The molecule has 1 saturated heterocycles. The summed E-state index contributed by atoms with van der Waals surface area (Å²) in [6.07, 6.45) is 0.0738. The molecule has 130 valence electrons. The van der Waals surface area contributed by atoms with E-state index in [1.165, 1.54) is 0 Å². The highest BCUT2D eigenvalue weighted by Crippen LogP contribution is 2.33. The number of hydrogen-bond acceptors (Lipinski definition) is 3. The van der Waals surface area contributed by atoms with Gasteiger partial charge >= 0.3 is 6.18 Å². The molecule has 1 fully saturated rings. The smallest absolute Gasteiger partial charge is 0.330 e. The van der Waals surface area contributed by atoms with Crippen LogP contribution in [0.15, 0.2) is 0 Å². The maximum Gasteiger partial charge on any atom is 0.435 e. The van der Waals surface area contributed by atoms with Gasteiger partial charge in [-0.1, -0.05) is 0 Å². The Morgan fingerprint density at radius 1 is 1.26 bits per heavy atom. The lowest BCUT2D eigenvalue weighted by atomic mass is 9.99. The zero-order valence-electron chi connectivity index (χ0n) is 13.8. The fraction of sp³-hybridized carbons (Fsp3) is 0.812. The molecule has 0 radical (unpaired) electrons. The molecule has 3 heterocycles. The Kier molecular flexibility index (Phi) is 4.69. The minimum atomic E-state index is -4.37. The number of aryl methyl sites for hydroxylation is 1. The number of hydrogen-bond donors (Lipinski definition) is 1. The average molecular weight is 330 g/mol. The van der Waals surface area contributed by atoms with Crippen molar-refractivity contribution in [1.29, 1.82) is 0 Å². The number of imidazole rings is 1. The van der Waals surface area contributed by atoms with E-state index in [0.29, 0.717) is 30.5 Å². The van der Waals surface area contributed by atoms with Crippen molar-refractivity contribution in [3.8, 4) is 0 Å². The van der Waals surface area contributed by atoms with Crippen LogP contribution in [0.5, 0.6) is 0 Å². The van der Waals surface area contributed by atoms with Crippen LogP contribution in [0.3, 0.4) is 0 Å². The summed E-state index contributed by atoms with van der Waals surface area (Å²) in [7, 11) is 2.09. The molecular formula is C16H25F3N4. The number of fused-ring (bicyclic) bond motifs is 1. The van der Waals surface area contributed by atoms with Crippen molar-refractivity contribution in [2.24, 2.45) is 0 Å². The molecule has 23 heavy (non-hydrogen) atoms. The molecule has 1 N–H and O–H groups in total. The number of alkyl halides is 3. The molecule has 0 spiro atoms. The van der Waals surface area contributed by atoms with Gasteiger partial charge in [0.05, 0.1) is 5.69 Å². The predicted octanol–water partition coefficient (Wildman–Crippen LogP) is 2.81. The molecule has 0 saturated carbocycles. The van der Waals surface area contributed by atoms with Crippen LogP contribution in [0.4, 0.5) is 13.2 Å². The third-order valence-corrected chi connectivity index (χ3v) is 5.22. The van der Waals surface area contributed by atoms with Gasteiger partial charge in [0.15, 0.2) is 5.69 Å². The molecule has 0 aromatic carbocycles. The van der Waals surface area contributed by atoms with Crippen molar-refractivity contribution < 1.29 is 13.2 Å². The number of aromatic nitrogens is 2. The van der Waals surface area contributed by atoms with E-state index in [1.54, 1.807) is 4.57 Å². The summed E-state index contributed by atoms with van der Waals surface area (Å²) >= 11 is 0. The van der Waals surface area contributed by atoms with Gasteiger partial charge in [0.25, 0.3) is 0 Å². The van der Waals surface area contributed by atoms with Gasteiger partial charge in [0.1, 0.15) is 5.82 Å². The Labute approximate surface area is 135 Å². The molecule has 2 unspecified atom stereocenters. The van der Waals surface area contributed by atoms with E-state index < -0.39 is 11.9 Å². The largest absolute Gasteiger partial charge is 0.435 e. The Morgan fingerprint density at radius 3 is 2.74 bits per heavy atom. The lowest BCUT2D eigenvalue weighted by Crippen LogP contribution is -2.45. The number of halogens is 3. The van der Waals surface area contributed by atoms with E-state index in [0.717, 1.165) is 32.2 Å². The van der Waals surface area contributed by atoms with Crippen molar-refractivity contribution in [3.05, 3.63) is 17.2 Å². The highest BCUT2D eigenvalue weighted by molar-refractivity contribution is 5.21. The summed E-state index contributed by atoms with van der Waals surface area (Å²) in [5.41, 5.74) is -0.373. The van der Waals surface area contributed by atoms with Gasteiger partial charge in [0.2, 0.25) is 0 Å². The van der Waals surface area contributed by atoms with Crippen LogP contribution >= 0.6 is 0 Å². The summed E-state index contributed by atoms with van der Waals surface area (Å²) in [6.45, 7) is 4.05. The van der Waals surface area contributed by atoms with Crippen molar-refractivity contribution >= 4 is 0 Å². The maximum atomic E-state index is 13.3. The summed E-state index contributed by atoms with van der Waals surface area (Å²) in [6, 6.07) is 0.736. The summed E-state index contributed by atoms with van der Waals surface area (Å²) in [5.74, 6) is 0.595. The van der Waals surface area contributed by atoms with E-state index in [1.807, 2.05) is 0 Å². The lowest BCUT2D eigenvalue weighted by molar-refractivity contribution is -0.141. The molecule has 2 aliphatic heterocycles. The zero-order chi connectivity index (χ0) is 16.6. The van der Waals surface area contributed by atoms with Crippen LogP contribution in [0, 0.1) is 0 Å². The van der Waals surface area contributed by atoms with E-state index in [4.69, 9.17) is 0 Å². The van der Waals surface area contributed by atoms with Crippen LogP contribution in [-0.4, -0.2) is 40.1 Å². The second-order valence-electron chi connectivity index (χ2n) is 6.86. The quantitative estimate of drug-likeness (QED) is 0.925. The fourth-order valence-corrected chi connectivity index (χ4v) is 3.67. The standard InChI is InChI=1S/C16H25F3N4/c1-11-9-12(6-8-22(11)2)20-10-13-15(16(17,18)19)21-14-5-3-4-7-23(13)14/h11-12,20H,3-10H2,1-2H3. The first kappa shape index (κ1) is 16.8. The molecule has 7 heteroatoms. The summed E-state index contributed by atoms with van der Waals surface area (Å²) in [5, 5.41) is 3.35.